The summed E-state index contributed by atoms with van der Waals surface area (Å²) in [4.78, 5) is 24.9. The van der Waals surface area contributed by atoms with Crippen LogP contribution in [0.1, 0.15) is 65.7 Å². The van der Waals surface area contributed by atoms with E-state index in [4.69, 9.17) is 4.74 Å². The van der Waals surface area contributed by atoms with Gasteiger partial charge in [-0.3, -0.25) is 9.59 Å². The number of carbonyl (C=O) groups is 2. The monoisotopic (exact) mass is 355 g/mol. The lowest BCUT2D eigenvalue weighted by molar-refractivity contribution is -0.150. The van der Waals surface area contributed by atoms with Crippen molar-refractivity contribution in [1.82, 2.24) is 5.32 Å². The first-order valence-corrected chi connectivity index (χ1v) is 10.6. The molecule has 0 spiro atoms. The third kappa shape index (κ3) is 5.68. The van der Waals surface area contributed by atoms with E-state index in [1.54, 1.807) is 11.8 Å². The molecule has 2 fully saturated rings. The molecule has 0 radical (unpaired) electrons. The minimum Gasteiger partial charge on any atom is -0.466 e. The summed E-state index contributed by atoms with van der Waals surface area (Å²) < 4.78 is 5.30. The highest BCUT2D eigenvalue weighted by atomic mass is 32.2. The van der Waals surface area contributed by atoms with Gasteiger partial charge >= 0.3 is 5.97 Å². The predicted octanol–water partition coefficient (Wildman–Crippen LogP) is 3.99. The normalized spacial score (nSPS) is 28.1. The van der Waals surface area contributed by atoms with Crippen LogP contribution in [0.2, 0.25) is 0 Å². The summed E-state index contributed by atoms with van der Waals surface area (Å²) in [5, 5.41) is 3.02. The van der Waals surface area contributed by atoms with Crippen molar-refractivity contribution in [3.8, 4) is 0 Å². The molecule has 3 unspecified atom stereocenters. The lowest BCUT2D eigenvalue weighted by atomic mass is 9.86. The highest BCUT2D eigenvalue weighted by Crippen LogP contribution is 2.40. The van der Waals surface area contributed by atoms with Crippen LogP contribution in [0.4, 0.5) is 0 Å². The Kier molecular flexibility index (Phi) is 7.92. The van der Waals surface area contributed by atoms with E-state index < -0.39 is 0 Å². The predicted molar refractivity (Wildman–Crippen MR) is 98.6 cm³/mol. The number of carbonyl (C=O) groups excluding carboxylic acids is 2. The van der Waals surface area contributed by atoms with Crippen LogP contribution in [-0.2, 0) is 14.3 Å². The van der Waals surface area contributed by atoms with E-state index in [0.29, 0.717) is 30.8 Å². The van der Waals surface area contributed by atoms with Crippen LogP contribution in [-0.4, -0.2) is 29.6 Å². The van der Waals surface area contributed by atoms with E-state index in [9.17, 15) is 9.59 Å². The van der Waals surface area contributed by atoms with Crippen molar-refractivity contribution in [3.05, 3.63) is 0 Å². The molecule has 1 saturated carbocycles. The second-order valence-corrected chi connectivity index (χ2v) is 8.87. The van der Waals surface area contributed by atoms with Gasteiger partial charge in [0.25, 0.3) is 0 Å². The Morgan fingerprint density at radius 3 is 2.54 bits per heavy atom. The van der Waals surface area contributed by atoms with Crippen molar-refractivity contribution in [2.24, 2.45) is 23.7 Å². The van der Waals surface area contributed by atoms with E-state index in [1.165, 1.54) is 32.1 Å². The Morgan fingerprint density at radius 1 is 1.21 bits per heavy atom. The lowest BCUT2D eigenvalue weighted by Crippen LogP contribution is -2.42. The molecule has 4 nitrogen and oxygen atoms in total. The molecule has 5 heteroatoms. The van der Waals surface area contributed by atoms with E-state index in [0.717, 1.165) is 12.2 Å². The van der Waals surface area contributed by atoms with Crippen molar-refractivity contribution < 1.29 is 14.3 Å². The zero-order chi connectivity index (χ0) is 17.5. The lowest BCUT2D eigenvalue weighted by Gasteiger charge is -2.25. The van der Waals surface area contributed by atoms with E-state index >= 15 is 0 Å². The van der Waals surface area contributed by atoms with Crippen LogP contribution in [0, 0.1) is 23.7 Å². The number of rotatable bonds is 7. The number of amides is 1. The van der Waals surface area contributed by atoms with Crippen LogP contribution >= 0.6 is 11.8 Å². The molecule has 2 aliphatic rings. The Bertz CT molecular complexity index is 421. The van der Waals surface area contributed by atoms with Gasteiger partial charge in [0, 0.05) is 6.42 Å². The first-order valence-electron chi connectivity index (χ1n) is 9.58. The zero-order valence-corrected chi connectivity index (χ0v) is 16.2. The quantitative estimate of drug-likeness (QED) is 0.702. The first kappa shape index (κ1) is 19.6. The van der Waals surface area contributed by atoms with Gasteiger partial charge in [0.1, 0.15) is 0 Å². The first-order chi connectivity index (χ1) is 11.5. The van der Waals surface area contributed by atoms with Gasteiger partial charge in [-0.15, -0.1) is 11.8 Å². The van der Waals surface area contributed by atoms with Crippen molar-refractivity contribution in [2.45, 2.75) is 71.1 Å². The van der Waals surface area contributed by atoms with Crippen LogP contribution in [0.25, 0.3) is 0 Å². The maximum Gasteiger partial charge on any atom is 0.312 e. The molecule has 3 atom stereocenters. The van der Waals surface area contributed by atoms with Gasteiger partial charge in [-0.05, 0) is 49.7 Å². The fourth-order valence-corrected chi connectivity index (χ4v) is 5.61. The largest absolute Gasteiger partial charge is 0.466 e. The number of hydrogen-bond acceptors (Lipinski definition) is 4. The molecular formula is C19H33NO3S. The minimum absolute atomic E-state index is 0.110. The van der Waals surface area contributed by atoms with Crippen LogP contribution < -0.4 is 5.32 Å². The topological polar surface area (TPSA) is 55.4 Å². The standard InChI is InChI=1S/C19H33NO3S/c1-4-23-19(22)17-15(10-13(2)3)12-24-18(17)20-16(21)11-14-8-6-5-7-9-14/h13-15,17-18H,4-12H2,1-3H3,(H,20,21). The van der Waals surface area contributed by atoms with E-state index in [-0.39, 0.29) is 23.2 Å². The average Bonchev–Trinajstić information content (AvgIpc) is 2.90. The number of thioether (sulfide) groups is 1. The molecule has 1 aliphatic carbocycles. The summed E-state index contributed by atoms with van der Waals surface area (Å²) in [5.74, 6) is 2.06. The van der Waals surface area contributed by atoms with Gasteiger partial charge in [-0.2, -0.15) is 0 Å². The molecular weight excluding hydrogens is 322 g/mol. The van der Waals surface area contributed by atoms with Crippen molar-refractivity contribution >= 4 is 23.6 Å². The molecule has 0 aromatic rings. The highest BCUT2D eigenvalue weighted by molar-refractivity contribution is 8.00. The molecule has 1 saturated heterocycles. The Morgan fingerprint density at radius 2 is 1.92 bits per heavy atom. The van der Waals surface area contributed by atoms with Gasteiger partial charge in [0.05, 0.1) is 17.9 Å². The molecule has 1 N–H and O–H groups in total. The fourth-order valence-electron chi connectivity index (χ4n) is 4.06. The highest BCUT2D eigenvalue weighted by Gasteiger charge is 2.43. The number of ether oxygens (including phenoxy) is 1. The molecule has 1 heterocycles. The maximum atomic E-state index is 12.4. The Balaban J connectivity index is 1.93. The summed E-state index contributed by atoms with van der Waals surface area (Å²) in [5.41, 5.74) is 0. The van der Waals surface area contributed by atoms with Gasteiger partial charge < -0.3 is 10.1 Å². The summed E-state index contributed by atoms with van der Waals surface area (Å²) >= 11 is 1.71. The minimum atomic E-state index is -0.201. The maximum absolute atomic E-state index is 12.4. The molecule has 0 aromatic heterocycles. The Hall–Kier alpha value is -0.710. The third-order valence-corrected chi connectivity index (χ3v) is 6.55. The molecule has 24 heavy (non-hydrogen) atoms. The van der Waals surface area contributed by atoms with E-state index in [2.05, 4.69) is 19.2 Å². The smallest absolute Gasteiger partial charge is 0.312 e. The van der Waals surface area contributed by atoms with Crippen LogP contribution in [0.5, 0.6) is 0 Å². The summed E-state index contributed by atoms with van der Waals surface area (Å²) in [6.45, 7) is 6.61. The van der Waals surface area contributed by atoms with Gasteiger partial charge in [0.2, 0.25) is 5.91 Å². The fraction of sp³-hybridized carbons (Fsp3) is 0.895. The van der Waals surface area contributed by atoms with Crippen LogP contribution in [0.3, 0.4) is 0 Å². The second kappa shape index (κ2) is 9.69. The van der Waals surface area contributed by atoms with Crippen molar-refractivity contribution in [1.29, 1.82) is 0 Å². The molecule has 138 valence electrons. The molecule has 1 amide bonds. The van der Waals surface area contributed by atoms with Crippen molar-refractivity contribution in [2.75, 3.05) is 12.4 Å². The molecule has 0 bridgehead atoms. The summed E-state index contributed by atoms with van der Waals surface area (Å²) in [6, 6.07) is 0. The number of esters is 1. The Labute approximate surface area is 150 Å². The van der Waals surface area contributed by atoms with Gasteiger partial charge in [-0.1, -0.05) is 33.1 Å². The van der Waals surface area contributed by atoms with E-state index in [1.807, 2.05) is 6.92 Å². The molecule has 2 rings (SSSR count). The molecule has 1 aliphatic heterocycles. The number of nitrogens with one attached hydrogen (secondary N) is 1. The van der Waals surface area contributed by atoms with Gasteiger partial charge in [-0.25, -0.2) is 0 Å². The number of hydrogen-bond donors (Lipinski definition) is 1. The SMILES string of the molecule is CCOC(=O)C1C(CC(C)C)CSC1NC(=O)CC1CCCCC1. The summed E-state index contributed by atoms with van der Waals surface area (Å²) in [7, 11) is 0. The average molecular weight is 356 g/mol. The third-order valence-electron chi connectivity index (χ3n) is 5.16. The van der Waals surface area contributed by atoms with Crippen LogP contribution in [0.15, 0.2) is 0 Å². The van der Waals surface area contributed by atoms with Gasteiger partial charge in [0.15, 0.2) is 0 Å². The zero-order valence-electron chi connectivity index (χ0n) is 15.4. The molecule has 0 aromatic carbocycles. The summed E-state index contributed by atoms with van der Waals surface area (Å²) in [6.07, 6.45) is 7.76. The second-order valence-electron chi connectivity index (χ2n) is 7.70. The van der Waals surface area contributed by atoms with Crippen molar-refractivity contribution in [3.63, 3.8) is 0 Å².